The van der Waals surface area contributed by atoms with Gasteiger partial charge in [0.1, 0.15) is 0 Å². The highest BCUT2D eigenvalue weighted by Gasteiger charge is 2.44. The van der Waals surface area contributed by atoms with E-state index in [0.717, 1.165) is 25.1 Å². The second-order valence-corrected chi connectivity index (χ2v) is 4.66. The fourth-order valence-electron chi connectivity index (χ4n) is 1.83. The van der Waals surface area contributed by atoms with Crippen LogP contribution in [0.5, 0.6) is 0 Å². The second-order valence-electron chi connectivity index (χ2n) is 4.66. The van der Waals surface area contributed by atoms with Crippen LogP contribution >= 0.6 is 0 Å². The molecule has 1 aromatic heterocycles. The summed E-state index contributed by atoms with van der Waals surface area (Å²) in [7, 11) is 0. The molecular formula is C11H19N3O2. The van der Waals surface area contributed by atoms with Gasteiger partial charge in [-0.25, -0.2) is 0 Å². The van der Waals surface area contributed by atoms with Crippen molar-refractivity contribution in [2.45, 2.75) is 44.6 Å². The maximum absolute atomic E-state index is 6.00. The minimum absolute atomic E-state index is 0.0630. The molecule has 0 aliphatic carbocycles. The molecular weight excluding hydrogens is 206 g/mol. The maximum atomic E-state index is 6.00. The van der Waals surface area contributed by atoms with E-state index >= 15 is 0 Å². The Morgan fingerprint density at radius 3 is 3.00 bits per heavy atom. The number of ether oxygens (including phenoxy) is 1. The number of aromatic nitrogens is 2. The van der Waals surface area contributed by atoms with Crippen LogP contribution in [-0.2, 0) is 16.6 Å². The fourth-order valence-corrected chi connectivity index (χ4v) is 1.83. The lowest BCUT2D eigenvalue weighted by Gasteiger charge is -2.21. The van der Waals surface area contributed by atoms with E-state index in [-0.39, 0.29) is 11.5 Å². The Hall–Kier alpha value is -0.940. The third kappa shape index (κ3) is 1.97. The van der Waals surface area contributed by atoms with Crippen molar-refractivity contribution in [1.82, 2.24) is 10.1 Å². The lowest BCUT2D eigenvalue weighted by atomic mass is 9.86. The van der Waals surface area contributed by atoms with Crippen LogP contribution in [0.1, 0.15) is 38.4 Å². The predicted octanol–water partition coefficient (Wildman–Crippen LogP) is 1.03. The van der Waals surface area contributed by atoms with Gasteiger partial charge in [-0.15, -0.1) is 0 Å². The average molecular weight is 225 g/mol. The molecule has 1 fully saturated rings. The highest BCUT2D eigenvalue weighted by atomic mass is 16.5. The lowest BCUT2D eigenvalue weighted by Crippen LogP contribution is -2.42. The highest BCUT2D eigenvalue weighted by Crippen LogP contribution is 2.30. The highest BCUT2D eigenvalue weighted by molar-refractivity contribution is 5.11. The first-order chi connectivity index (χ1) is 7.66. The Morgan fingerprint density at radius 2 is 2.38 bits per heavy atom. The summed E-state index contributed by atoms with van der Waals surface area (Å²) in [6, 6.07) is -0.0630. The topological polar surface area (TPSA) is 74.2 Å². The monoisotopic (exact) mass is 225 g/mol. The zero-order chi connectivity index (χ0) is 11.6. The molecule has 2 heterocycles. The van der Waals surface area contributed by atoms with Crippen molar-refractivity contribution in [3.63, 3.8) is 0 Å². The molecule has 90 valence electrons. The van der Waals surface area contributed by atoms with Gasteiger partial charge in [-0.3, -0.25) is 0 Å². The van der Waals surface area contributed by atoms with Gasteiger partial charge in [-0.05, 0) is 13.3 Å². The summed E-state index contributed by atoms with van der Waals surface area (Å²) in [4.78, 5) is 4.41. The van der Waals surface area contributed by atoms with E-state index in [1.54, 1.807) is 0 Å². The van der Waals surface area contributed by atoms with Crippen LogP contribution in [0.4, 0.5) is 0 Å². The van der Waals surface area contributed by atoms with Crippen LogP contribution in [-0.4, -0.2) is 29.4 Å². The maximum Gasteiger partial charge on any atom is 0.236 e. The number of unbranched alkanes of at least 4 members (excludes halogenated alkanes) is 1. The number of rotatable bonds is 4. The smallest absolute Gasteiger partial charge is 0.236 e. The Labute approximate surface area is 95.3 Å². The number of aryl methyl sites for hydroxylation is 1. The van der Waals surface area contributed by atoms with E-state index < -0.39 is 0 Å². The van der Waals surface area contributed by atoms with E-state index in [0.29, 0.717) is 19.1 Å². The minimum Gasteiger partial charge on any atom is -0.379 e. The van der Waals surface area contributed by atoms with Gasteiger partial charge in [0.05, 0.1) is 18.6 Å². The number of hydrogen-bond donors (Lipinski definition) is 1. The summed E-state index contributed by atoms with van der Waals surface area (Å²) in [5.41, 5.74) is 5.68. The second kappa shape index (κ2) is 4.51. The minimum atomic E-state index is -0.322. The Bertz CT molecular complexity index is 353. The Morgan fingerprint density at radius 1 is 1.56 bits per heavy atom. The van der Waals surface area contributed by atoms with Crippen LogP contribution < -0.4 is 5.73 Å². The van der Waals surface area contributed by atoms with E-state index in [1.165, 1.54) is 0 Å². The molecule has 2 rings (SSSR count). The average Bonchev–Trinajstić information content (AvgIpc) is 2.85. The predicted molar refractivity (Wildman–Crippen MR) is 59.1 cm³/mol. The van der Waals surface area contributed by atoms with Gasteiger partial charge in [-0.1, -0.05) is 18.5 Å². The van der Waals surface area contributed by atoms with Gasteiger partial charge in [0.15, 0.2) is 5.82 Å². The zero-order valence-electron chi connectivity index (χ0n) is 9.90. The van der Waals surface area contributed by atoms with Crippen molar-refractivity contribution in [2.24, 2.45) is 5.73 Å². The molecule has 0 bridgehead atoms. The van der Waals surface area contributed by atoms with Crippen LogP contribution in [0.15, 0.2) is 4.52 Å². The molecule has 1 aliphatic heterocycles. The Kier molecular flexibility index (Phi) is 3.25. The number of nitrogens with zero attached hydrogens (tertiary/aromatic N) is 2. The van der Waals surface area contributed by atoms with E-state index in [1.807, 2.05) is 6.92 Å². The van der Waals surface area contributed by atoms with E-state index in [2.05, 4.69) is 17.1 Å². The lowest BCUT2D eigenvalue weighted by molar-refractivity contribution is 0.169. The molecule has 1 saturated heterocycles. The molecule has 5 nitrogen and oxygen atoms in total. The van der Waals surface area contributed by atoms with Gasteiger partial charge in [0, 0.05) is 12.5 Å². The van der Waals surface area contributed by atoms with Crippen molar-refractivity contribution in [2.75, 3.05) is 13.2 Å². The van der Waals surface area contributed by atoms with Crippen molar-refractivity contribution < 1.29 is 9.26 Å². The van der Waals surface area contributed by atoms with Crippen molar-refractivity contribution in [3.8, 4) is 0 Å². The molecule has 2 unspecified atom stereocenters. The summed E-state index contributed by atoms with van der Waals surface area (Å²) >= 11 is 0. The molecule has 0 saturated carbocycles. The van der Waals surface area contributed by atoms with Gasteiger partial charge >= 0.3 is 0 Å². The summed E-state index contributed by atoms with van der Waals surface area (Å²) < 4.78 is 10.7. The molecule has 1 aliphatic rings. The summed E-state index contributed by atoms with van der Waals surface area (Å²) in [5, 5.41) is 3.98. The van der Waals surface area contributed by atoms with Crippen LogP contribution in [0.3, 0.4) is 0 Å². The molecule has 0 amide bonds. The van der Waals surface area contributed by atoms with Gasteiger partial charge in [-0.2, -0.15) is 4.98 Å². The van der Waals surface area contributed by atoms with Crippen LogP contribution in [0.2, 0.25) is 0 Å². The first-order valence-corrected chi connectivity index (χ1v) is 5.83. The zero-order valence-corrected chi connectivity index (χ0v) is 9.90. The molecule has 16 heavy (non-hydrogen) atoms. The van der Waals surface area contributed by atoms with Crippen LogP contribution in [0.25, 0.3) is 0 Å². The van der Waals surface area contributed by atoms with E-state index in [9.17, 15) is 0 Å². The van der Waals surface area contributed by atoms with Gasteiger partial charge in [0.2, 0.25) is 5.89 Å². The molecule has 0 radical (unpaired) electrons. The first kappa shape index (κ1) is 11.5. The van der Waals surface area contributed by atoms with Crippen LogP contribution in [0, 0.1) is 0 Å². The molecule has 2 atom stereocenters. The third-order valence-electron chi connectivity index (χ3n) is 3.23. The normalized spacial score (nSPS) is 29.8. The summed E-state index contributed by atoms with van der Waals surface area (Å²) in [6.45, 7) is 5.28. The largest absolute Gasteiger partial charge is 0.379 e. The van der Waals surface area contributed by atoms with Gasteiger partial charge in [0.25, 0.3) is 0 Å². The molecule has 2 N–H and O–H groups in total. The Balaban J connectivity index is 2.11. The first-order valence-electron chi connectivity index (χ1n) is 5.83. The van der Waals surface area contributed by atoms with Gasteiger partial charge < -0.3 is 15.0 Å². The standard InChI is InChI=1S/C11H19N3O2/c1-3-4-5-9-13-10(16-14-9)11(2)7-15-6-8(11)12/h8H,3-7,12H2,1-2H3. The fraction of sp³-hybridized carbons (Fsp3) is 0.818. The molecule has 5 heteroatoms. The van der Waals surface area contributed by atoms with Crippen molar-refractivity contribution in [3.05, 3.63) is 11.7 Å². The number of nitrogens with two attached hydrogens (primary N) is 1. The SMILES string of the molecule is CCCCc1noc(C2(C)COCC2N)n1. The third-order valence-corrected chi connectivity index (χ3v) is 3.23. The molecule has 0 spiro atoms. The quantitative estimate of drug-likeness (QED) is 0.828. The summed E-state index contributed by atoms with van der Waals surface area (Å²) in [6.07, 6.45) is 3.08. The van der Waals surface area contributed by atoms with Crippen molar-refractivity contribution in [1.29, 1.82) is 0 Å². The summed E-state index contributed by atoms with van der Waals surface area (Å²) in [5.74, 6) is 1.39. The molecule has 1 aromatic rings. The van der Waals surface area contributed by atoms with Crippen molar-refractivity contribution >= 4 is 0 Å². The van der Waals surface area contributed by atoms with E-state index in [4.69, 9.17) is 15.0 Å². The molecule has 0 aromatic carbocycles. The number of hydrogen-bond acceptors (Lipinski definition) is 5.